The van der Waals surface area contributed by atoms with Crippen molar-refractivity contribution in [2.45, 2.75) is 78.2 Å². The smallest absolute Gasteiger partial charge is 0.0124 e. The van der Waals surface area contributed by atoms with Gasteiger partial charge < -0.3 is 5.32 Å². The monoisotopic (exact) mass is 251 g/mol. The van der Waals surface area contributed by atoms with Gasteiger partial charge in [-0.1, -0.05) is 46.5 Å². The van der Waals surface area contributed by atoms with E-state index in [0.717, 1.165) is 36.3 Å². The zero-order valence-electron chi connectivity index (χ0n) is 12.8. The molecule has 0 saturated heterocycles. The number of hydrogen-bond donors (Lipinski definition) is 1. The molecule has 1 heteroatoms. The first kappa shape index (κ1) is 14.4. The third kappa shape index (κ3) is 3.50. The largest absolute Gasteiger partial charge is 0.314 e. The van der Waals surface area contributed by atoms with E-state index in [1.54, 1.807) is 0 Å². The van der Waals surface area contributed by atoms with Gasteiger partial charge in [0, 0.05) is 6.04 Å². The first-order valence-electron chi connectivity index (χ1n) is 8.47. The summed E-state index contributed by atoms with van der Waals surface area (Å²) < 4.78 is 0. The molecule has 18 heavy (non-hydrogen) atoms. The molecule has 1 N–H and O–H groups in total. The summed E-state index contributed by atoms with van der Waals surface area (Å²) in [5.41, 5.74) is 0. The van der Waals surface area contributed by atoms with Crippen molar-refractivity contribution < 1.29 is 0 Å². The van der Waals surface area contributed by atoms with Crippen molar-refractivity contribution in [2.75, 3.05) is 6.54 Å². The van der Waals surface area contributed by atoms with Gasteiger partial charge in [-0.3, -0.25) is 0 Å². The van der Waals surface area contributed by atoms with Crippen LogP contribution < -0.4 is 5.32 Å². The van der Waals surface area contributed by atoms with E-state index in [2.05, 4.69) is 26.1 Å². The van der Waals surface area contributed by atoms with Crippen LogP contribution in [0.1, 0.15) is 72.1 Å². The van der Waals surface area contributed by atoms with Gasteiger partial charge in [0.2, 0.25) is 0 Å². The Hall–Kier alpha value is -0.0400. The lowest BCUT2D eigenvalue weighted by molar-refractivity contribution is 0.168. The summed E-state index contributed by atoms with van der Waals surface area (Å²) in [6.07, 6.45) is 11.8. The highest BCUT2D eigenvalue weighted by molar-refractivity contribution is 4.90. The Morgan fingerprint density at radius 2 is 1.78 bits per heavy atom. The van der Waals surface area contributed by atoms with Gasteiger partial charge in [-0.2, -0.15) is 0 Å². The van der Waals surface area contributed by atoms with Crippen LogP contribution in [0, 0.1) is 23.7 Å². The molecule has 1 nitrogen and oxygen atoms in total. The van der Waals surface area contributed by atoms with Crippen LogP contribution in [-0.4, -0.2) is 12.6 Å². The van der Waals surface area contributed by atoms with Crippen LogP contribution in [0.3, 0.4) is 0 Å². The van der Waals surface area contributed by atoms with E-state index in [9.17, 15) is 0 Å². The lowest BCUT2D eigenvalue weighted by atomic mass is 9.73. The molecule has 0 aromatic carbocycles. The van der Waals surface area contributed by atoms with E-state index >= 15 is 0 Å². The lowest BCUT2D eigenvalue weighted by Crippen LogP contribution is -2.43. The van der Waals surface area contributed by atoms with Gasteiger partial charge >= 0.3 is 0 Å². The predicted molar refractivity (Wildman–Crippen MR) is 79.7 cm³/mol. The molecule has 0 aliphatic heterocycles. The van der Waals surface area contributed by atoms with E-state index < -0.39 is 0 Å². The zero-order chi connectivity index (χ0) is 13.0. The summed E-state index contributed by atoms with van der Waals surface area (Å²) in [7, 11) is 0. The van der Waals surface area contributed by atoms with Crippen molar-refractivity contribution >= 4 is 0 Å². The van der Waals surface area contributed by atoms with Gasteiger partial charge in [-0.25, -0.2) is 0 Å². The first-order chi connectivity index (χ1) is 8.74. The lowest BCUT2D eigenvalue weighted by Gasteiger charge is -2.38. The second-order valence-corrected chi connectivity index (χ2v) is 6.96. The molecule has 0 aromatic rings. The SMILES string of the molecule is CCNC(C1CCC(C)C1)C1CCCC(CC)C1. The molecule has 5 unspecified atom stereocenters. The quantitative estimate of drug-likeness (QED) is 0.752. The Morgan fingerprint density at radius 1 is 1.00 bits per heavy atom. The third-order valence-electron chi connectivity index (χ3n) is 5.59. The minimum Gasteiger partial charge on any atom is -0.314 e. The van der Waals surface area contributed by atoms with E-state index in [1.807, 2.05) is 0 Å². The fourth-order valence-electron chi connectivity index (χ4n) is 4.56. The van der Waals surface area contributed by atoms with Crippen LogP contribution in [0.4, 0.5) is 0 Å². The molecule has 2 fully saturated rings. The molecule has 2 saturated carbocycles. The summed E-state index contributed by atoms with van der Waals surface area (Å²) in [5, 5.41) is 3.86. The fourth-order valence-corrected chi connectivity index (χ4v) is 4.56. The minimum atomic E-state index is 0.828. The van der Waals surface area contributed by atoms with Gasteiger partial charge in [-0.05, 0) is 55.9 Å². The van der Waals surface area contributed by atoms with Crippen LogP contribution in [0.15, 0.2) is 0 Å². The molecule has 0 radical (unpaired) electrons. The Kier molecular flexibility index (Phi) is 5.54. The molecule has 106 valence electrons. The standard InChI is InChI=1S/C17H33N/c1-4-14-7-6-8-15(12-14)17(18-5-2)16-10-9-13(3)11-16/h13-18H,4-12H2,1-3H3. The Balaban J connectivity index is 1.95. The minimum absolute atomic E-state index is 0.828. The summed E-state index contributed by atoms with van der Waals surface area (Å²) in [6, 6.07) is 0.828. The van der Waals surface area contributed by atoms with E-state index in [0.29, 0.717) is 0 Å². The van der Waals surface area contributed by atoms with Crippen LogP contribution >= 0.6 is 0 Å². The van der Waals surface area contributed by atoms with Gasteiger partial charge in [-0.15, -0.1) is 0 Å². The summed E-state index contributed by atoms with van der Waals surface area (Å²) >= 11 is 0. The van der Waals surface area contributed by atoms with E-state index in [-0.39, 0.29) is 0 Å². The average Bonchev–Trinajstić information content (AvgIpc) is 2.82. The van der Waals surface area contributed by atoms with Gasteiger partial charge in [0.25, 0.3) is 0 Å². The molecule has 2 rings (SSSR count). The molecule has 5 atom stereocenters. The second kappa shape index (κ2) is 6.93. The highest BCUT2D eigenvalue weighted by Gasteiger charge is 2.35. The number of rotatable bonds is 5. The van der Waals surface area contributed by atoms with Crippen LogP contribution in [0.2, 0.25) is 0 Å². The maximum atomic E-state index is 3.86. The zero-order valence-corrected chi connectivity index (χ0v) is 12.8. The van der Waals surface area contributed by atoms with Gasteiger partial charge in [0.1, 0.15) is 0 Å². The maximum absolute atomic E-state index is 3.86. The molecule has 0 aromatic heterocycles. The molecule has 2 aliphatic carbocycles. The predicted octanol–water partition coefficient (Wildman–Crippen LogP) is 4.62. The van der Waals surface area contributed by atoms with Crippen LogP contribution in [0.25, 0.3) is 0 Å². The molecule has 0 spiro atoms. The molecular formula is C17H33N. The van der Waals surface area contributed by atoms with E-state index in [4.69, 9.17) is 0 Å². The summed E-state index contributed by atoms with van der Waals surface area (Å²) in [5.74, 6) is 3.94. The van der Waals surface area contributed by atoms with Crippen molar-refractivity contribution in [1.29, 1.82) is 0 Å². The van der Waals surface area contributed by atoms with Crippen molar-refractivity contribution in [2.24, 2.45) is 23.7 Å². The van der Waals surface area contributed by atoms with Crippen molar-refractivity contribution in [3.63, 3.8) is 0 Å². The molecule has 0 amide bonds. The third-order valence-corrected chi connectivity index (χ3v) is 5.59. The Morgan fingerprint density at radius 3 is 2.39 bits per heavy atom. The van der Waals surface area contributed by atoms with Gasteiger partial charge in [0.15, 0.2) is 0 Å². The van der Waals surface area contributed by atoms with Crippen molar-refractivity contribution in [3.05, 3.63) is 0 Å². The summed E-state index contributed by atoms with van der Waals surface area (Å²) in [6.45, 7) is 8.26. The highest BCUT2D eigenvalue weighted by atomic mass is 14.9. The molecule has 0 heterocycles. The molecular weight excluding hydrogens is 218 g/mol. The Bertz CT molecular complexity index is 238. The number of nitrogens with one attached hydrogen (secondary N) is 1. The normalized spacial score (nSPS) is 38.8. The second-order valence-electron chi connectivity index (χ2n) is 6.96. The Labute approximate surface area is 114 Å². The van der Waals surface area contributed by atoms with Crippen molar-refractivity contribution in [1.82, 2.24) is 5.32 Å². The average molecular weight is 251 g/mol. The first-order valence-corrected chi connectivity index (χ1v) is 8.47. The van der Waals surface area contributed by atoms with Crippen LogP contribution in [0.5, 0.6) is 0 Å². The van der Waals surface area contributed by atoms with Gasteiger partial charge in [0.05, 0.1) is 0 Å². The maximum Gasteiger partial charge on any atom is 0.0124 e. The fraction of sp³-hybridized carbons (Fsp3) is 1.00. The van der Waals surface area contributed by atoms with Crippen LogP contribution in [-0.2, 0) is 0 Å². The topological polar surface area (TPSA) is 12.0 Å². The van der Waals surface area contributed by atoms with E-state index in [1.165, 1.54) is 51.4 Å². The molecule has 0 bridgehead atoms. The molecule has 2 aliphatic rings. The highest BCUT2D eigenvalue weighted by Crippen LogP contribution is 2.40. The van der Waals surface area contributed by atoms with Crippen molar-refractivity contribution in [3.8, 4) is 0 Å². The summed E-state index contributed by atoms with van der Waals surface area (Å²) in [4.78, 5) is 0. The number of hydrogen-bond acceptors (Lipinski definition) is 1.